The van der Waals surface area contributed by atoms with Crippen LogP contribution in [0.25, 0.3) is 0 Å². The van der Waals surface area contributed by atoms with Gasteiger partial charge in [-0.05, 0) is 56.2 Å². The number of hydrogen-bond acceptors (Lipinski definition) is 6. The molecule has 2 aromatic rings. The highest BCUT2D eigenvalue weighted by atomic mass is 19.1. The van der Waals surface area contributed by atoms with Crippen molar-refractivity contribution in [3.8, 4) is 0 Å². The molecule has 4 atom stereocenters. The number of carbonyl (C=O) groups excluding carboxylic acids is 3. The van der Waals surface area contributed by atoms with Crippen LogP contribution >= 0.6 is 0 Å². The maximum atomic E-state index is 13.6. The SMILES string of the molecule is CC(C)(C)OC(=O)[C@H]1[C@H]2C(=O)N(c3ccc(F)cc3)C(=O)[C@H]2[C@H]2c3ccccc3C=NN21. The molecule has 3 aliphatic rings. The molecule has 0 unspecified atom stereocenters. The Morgan fingerprint density at radius 3 is 2.34 bits per heavy atom. The van der Waals surface area contributed by atoms with E-state index in [9.17, 15) is 18.8 Å². The number of hydrogen-bond donors (Lipinski definition) is 0. The van der Waals surface area contributed by atoms with E-state index in [0.29, 0.717) is 0 Å². The van der Waals surface area contributed by atoms with Crippen LogP contribution in [0.15, 0.2) is 53.6 Å². The predicted octanol–water partition coefficient (Wildman–Crippen LogP) is 3.05. The Kier molecular flexibility index (Phi) is 4.44. The number of benzene rings is 2. The molecule has 2 fully saturated rings. The van der Waals surface area contributed by atoms with Crippen molar-refractivity contribution in [3.63, 3.8) is 0 Å². The van der Waals surface area contributed by atoms with Gasteiger partial charge in [0.05, 0.1) is 29.8 Å². The number of carbonyl (C=O) groups is 3. The number of imide groups is 1. The lowest BCUT2D eigenvalue weighted by Gasteiger charge is -2.34. The van der Waals surface area contributed by atoms with E-state index in [1.807, 2.05) is 24.3 Å². The maximum Gasteiger partial charge on any atom is 0.331 e. The molecule has 2 aromatic carbocycles. The number of esters is 1. The molecule has 0 saturated carbocycles. The highest BCUT2D eigenvalue weighted by Gasteiger charge is 2.66. The number of amides is 2. The molecule has 0 radical (unpaired) electrons. The van der Waals surface area contributed by atoms with E-state index in [1.54, 1.807) is 32.0 Å². The molecule has 0 N–H and O–H groups in total. The van der Waals surface area contributed by atoms with E-state index >= 15 is 0 Å². The van der Waals surface area contributed by atoms with Crippen LogP contribution in [-0.4, -0.2) is 40.7 Å². The van der Waals surface area contributed by atoms with Crippen molar-refractivity contribution in [2.24, 2.45) is 16.9 Å². The first kappa shape index (κ1) is 20.4. The van der Waals surface area contributed by atoms with Crippen LogP contribution in [0.3, 0.4) is 0 Å². The summed E-state index contributed by atoms with van der Waals surface area (Å²) in [5.74, 6) is -3.79. The van der Waals surface area contributed by atoms with Gasteiger partial charge in [0.15, 0.2) is 6.04 Å². The second kappa shape index (κ2) is 6.98. The largest absolute Gasteiger partial charge is 0.458 e. The van der Waals surface area contributed by atoms with Crippen LogP contribution in [-0.2, 0) is 19.1 Å². The Hall–Kier alpha value is -3.55. The molecular weight excluding hydrogens is 413 g/mol. The average Bonchev–Trinajstić information content (AvgIpc) is 3.21. The summed E-state index contributed by atoms with van der Waals surface area (Å²) in [7, 11) is 0. The summed E-state index contributed by atoms with van der Waals surface area (Å²) < 4.78 is 19.1. The van der Waals surface area contributed by atoms with E-state index in [2.05, 4.69) is 5.10 Å². The Balaban J connectivity index is 1.62. The minimum atomic E-state index is -1.05. The molecular formula is C24H22FN3O4. The second-order valence-corrected chi connectivity index (χ2v) is 9.22. The van der Waals surface area contributed by atoms with Crippen LogP contribution in [0, 0.1) is 17.7 Å². The number of halogens is 1. The Labute approximate surface area is 184 Å². The number of ether oxygens (including phenoxy) is 1. The van der Waals surface area contributed by atoms with E-state index in [0.717, 1.165) is 16.0 Å². The zero-order chi connectivity index (χ0) is 22.8. The van der Waals surface area contributed by atoms with E-state index in [1.165, 1.54) is 24.3 Å². The zero-order valence-electron chi connectivity index (χ0n) is 17.9. The average molecular weight is 435 g/mol. The van der Waals surface area contributed by atoms with Gasteiger partial charge >= 0.3 is 5.97 Å². The smallest absolute Gasteiger partial charge is 0.331 e. The molecule has 3 heterocycles. The van der Waals surface area contributed by atoms with Crippen molar-refractivity contribution in [2.45, 2.75) is 38.5 Å². The van der Waals surface area contributed by atoms with Gasteiger partial charge in [-0.2, -0.15) is 5.10 Å². The second-order valence-electron chi connectivity index (χ2n) is 9.22. The van der Waals surface area contributed by atoms with Crippen molar-refractivity contribution in [2.75, 3.05) is 4.90 Å². The van der Waals surface area contributed by atoms with Crippen LogP contribution < -0.4 is 4.90 Å². The van der Waals surface area contributed by atoms with Crippen LogP contribution in [0.4, 0.5) is 10.1 Å². The summed E-state index contributed by atoms with van der Waals surface area (Å²) in [6.07, 6.45) is 1.64. The van der Waals surface area contributed by atoms with Crippen LogP contribution in [0.1, 0.15) is 37.9 Å². The fourth-order valence-corrected chi connectivity index (χ4v) is 4.85. The first-order chi connectivity index (χ1) is 15.2. The molecule has 0 bridgehead atoms. The van der Waals surface area contributed by atoms with Gasteiger partial charge in [0.25, 0.3) is 0 Å². The molecule has 164 valence electrons. The lowest BCUT2D eigenvalue weighted by atomic mass is 9.85. The van der Waals surface area contributed by atoms with Crippen molar-refractivity contribution in [1.82, 2.24) is 5.01 Å². The van der Waals surface area contributed by atoms with Gasteiger partial charge in [-0.3, -0.25) is 14.6 Å². The minimum Gasteiger partial charge on any atom is -0.458 e. The summed E-state index contributed by atoms with van der Waals surface area (Å²) in [5.41, 5.74) is 1.16. The van der Waals surface area contributed by atoms with Gasteiger partial charge in [-0.25, -0.2) is 14.1 Å². The fraction of sp³-hybridized carbons (Fsp3) is 0.333. The standard InChI is InChI=1S/C24H22FN3O4/c1-24(2,3)32-23(31)20-18-17(19-16-7-5-4-6-13(16)12-26-28(19)20)21(29)27(22(18)30)15-10-8-14(25)9-11-15/h4-12,17-20H,1-3H3/t17-,18+,19-,20-/m1/s1. The zero-order valence-corrected chi connectivity index (χ0v) is 17.9. The third-order valence-corrected chi connectivity index (χ3v) is 6.03. The van der Waals surface area contributed by atoms with Gasteiger partial charge in [0, 0.05) is 0 Å². The van der Waals surface area contributed by atoms with Gasteiger partial charge in [0.1, 0.15) is 11.4 Å². The van der Waals surface area contributed by atoms with Gasteiger partial charge in [-0.15, -0.1) is 0 Å². The number of hydrazone groups is 1. The van der Waals surface area contributed by atoms with Gasteiger partial charge in [-0.1, -0.05) is 24.3 Å². The topological polar surface area (TPSA) is 79.3 Å². The quantitative estimate of drug-likeness (QED) is 0.535. The summed E-state index contributed by atoms with van der Waals surface area (Å²) in [4.78, 5) is 41.4. The van der Waals surface area contributed by atoms with Gasteiger partial charge < -0.3 is 4.74 Å². The molecule has 2 amide bonds. The minimum absolute atomic E-state index is 0.276. The maximum absolute atomic E-state index is 13.6. The van der Waals surface area contributed by atoms with Gasteiger partial charge in [0.2, 0.25) is 11.8 Å². The molecule has 32 heavy (non-hydrogen) atoms. The fourth-order valence-electron chi connectivity index (χ4n) is 4.85. The lowest BCUT2D eigenvalue weighted by molar-refractivity contribution is -0.163. The molecule has 5 rings (SSSR count). The highest BCUT2D eigenvalue weighted by Crippen LogP contribution is 2.52. The Morgan fingerprint density at radius 1 is 1.00 bits per heavy atom. The number of anilines is 1. The molecule has 7 nitrogen and oxygen atoms in total. The third kappa shape index (κ3) is 3.01. The Bertz CT molecular complexity index is 1150. The van der Waals surface area contributed by atoms with Crippen molar-refractivity contribution in [3.05, 3.63) is 65.5 Å². The summed E-state index contributed by atoms with van der Waals surface area (Å²) in [6.45, 7) is 5.24. The van der Waals surface area contributed by atoms with Crippen molar-refractivity contribution >= 4 is 29.7 Å². The van der Waals surface area contributed by atoms with Crippen LogP contribution in [0.5, 0.6) is 0 Å². The number of fused-ring (bicyclic) bond motifs is 5. The lowest BCUT2D eigenvalue weighted by Crippen LogP contribution is -2.46. The Morgan fingerprint density at radius 2 is 1.66 bits per heavy atom. The molecule has 0 aliphatic carbocycles. The van der Waals surface area contributed by atoms with Crippen LogP contribution in [0.2, 0.25) is 0 Å². The first-order valence-corrected chi connectivity index (χ1v) is 10.4. The molecule has 3 aliphatic heterocycles. The molecule has 2 saturated heterocycles. The summed E-state index contributed by atoms with van der Waals surface area (Å²) in [6, 6.07) is 11.0. The number of rotatable bonds is 2. The predicted molar refractivity (Wildman–Crippen MR) is 114 cm³/mol. The normalized spacial score (nSPS) is 26.1. The summed E-state index contributed by atoms with van der Waals surface area (Å²) >= 11 is 0. The van der Waals surface area contributed by atoms with E-state index < -0.39 is 53.1 Å². The highest BCUT2D eigenvalue weighted by molar-refractivity contribution is 6.23. The van der Waals surface area contributed by atoms with E-state index in [-0.39, 0.29) is 5.69 Å². The molecule has 0 aromatic heterocycles. The van der Waals surface area contributed by atoms with Crippen molar-refractivity contribution in [1.29, 1.82) is 0 Å². The van der Waals surface area contributed by atoms with E-state index in [4.69, 9.17) is 4.74 Å². The monoisotopic (exact) mass is 435 g/mol. The molecule has 0 spiro atoms. The summed E-state index contributed by atoms with van der Waals surface area (Å²) in [5, 5.41) is 6.01. The molecule has 8 heteroatoms. The third-order valence-electron chi connectivity index (χ3n) is 6.03. The van der Waals surface area contributed by atoms with Crippen molar-refractivity contribution < 1.29 is 23.5 Å². The first-order valence-electron chi connectivity index (χ1n) is 10.4. The number of nitrogens with zero attached hydrogens (tertiary/aromatic N) is 3.